The van der Waals surface area contributed by atoms with Crippen molar-refractivity contribution in [2.24, 2.45) is 0 Å². The van der Waals surface area contributed by atoms with E-state index in [4.69, 9.17) is 0 Å². The van der Waals surface area contributed by atoms with Crippen LogP contribution in [0.2, 0.25) is 0 Å². The van der Waals surface area contributed by atoms with E-state index in [1.807, 2.05) is 38.1 Å². The van der Waals surface area contributed by atoms with E-state index in [9.17, 15) is 4.79 Å². The summed E-state index contributed by atoms with van der Waals surface area (Å²) in [5, 5.41) is 8.91. The zero-order valence-corrected chi connectivity index (χ0v) is 15.4. The van der Waals surface area contributed by atoms with Crippen molar-refractivity contribution in [3.63, 3.8) is 0 Å². The Kier molecular flexibility index (Phi) is 5.88. The lowest BCUT2D eigenvalue weighted by atomic mass is 10.1. The van der Waals surface area contributed by atoms with Crippen molar-refractivity contribution >= 4 is 23.4 Å². The molecule has 1 aromatic heterocycles. The topological polar surface area (TPSA) is 82.2 Å². The number of carbonyl (C=O) groups is 1. The van der Waals surface area contributed by atoms with Crippen molar-refractivity contribution in [2.75, 3.05) is 41.7 Å². The van der Waals surface area contributed by atoms with Gasteiger partial charge in [-0.2, -0.15) is 0 Å². The van der Waals surface area contributed by atoms with Gasteiger partial charge in [0.25, 0.3) is 0 Å². The van der Waals surface area contributed by atoms with Gasteiger partial charge in [-0.1, -0.05) is 6.07 Å². The van der Waals surface area contributed by atoms with Crippen LogP contribution < -0.4 is 20.9 Å². The van der Waals surface area contributed by atoms with Gasteiger partial charge >= 0.3 is 6.03 Å². The molecule has 2 amide bonds. The highest BCUT2D eigenvalue weighted by Crippen LogP contribution is 2.19. The van der Waals surface area contributed by atoms with E-state index in [0.717, 1.165) is 36.0 Å². The van der Waals surface area contributed by atoms with E-state index in [1.165, 1.54) is 18.4 Å². The molecule has 2 aromatic rings. The average Bonchev–Trinajstić information content (AvgIpc) is 3.17. The van der Waals surface area contributed by atoms with Gasteiger partial charge in [-0.25, -0.2) is 14.8 Å². The molecule has 7 heteroatoms. The molecule has 3 N–H and O–H groups in total. The van der Waals surface area contributed by atoms with Crippen LogP contribution in [0.15, 0.2) is 30.6 Å². The van der Waals surface area contributed by atoms with E-state index < -0.39 is 0 Å². The Morgan fingerprint density at radius 2 is 1.88 bits per heavy atom. The summed E-state index contributed by atoms with van der Waals surface area (Å²) < 4.78 is 0. The highest BCUT2D eigenvalue weighted by molar-refractivity contribution is 5.89. The maximum Gasteiger partial charge on any atom is 0.319 e. The monoisotopic (exact) mass is 354 g/mol. The molecule has 0 aliphatic carbocycles. The Bertz CT molecular complexity index is 757. The molecule has 0 radical (unpaired) electrons. The normalized spacial score (nSPS) is 13.5. The van der Waals surface area contributed by atoms with E-state index in [-0.39, 0.29) is 6.03 Å². The SMILES string of the molecule is Cc1ccc(NC(=O)NCCNc2cc(N3CCCC3)ncn2)cc1C. The molecular formula is C19H26N6O. The first-order chi connectivity index (χ1) is 12.6. The van der Waals surface area contributed by atoms with Gasteiger partial charge < -0.3 is 20.9 Å². The summed E-state index contributed by atoms with van der Waals surface area (Å²) in [6, 6.07) is 7.62. The standard InChI is InChI=1S/C19H26N6O/c1-14-5-6-16(11-15(14)2)24-19(26)21-8-7-20-17-12-18(23-13-22-17)25-9-3-4-10-25/h5-6,11-13H,3-4,7-10H2,1-2H3,(H,20,22,23)(H2,21,24,26). The van der Waals surface area contributed by atoms with Gasteiger partial charge in [-0.3, -0.25) is 0 Å². The molecule has 7 nitrogen and oxygen atoms in total. The summed E-state index contributed by atoms with van der Waals surface area (Å²) in [4.78, 5) is 22.8. The number of rotatable bonds is 6. The third kappa shape index (κ3) is 4.84. The molecule has 0 spiro atoms. The van der Waals surface area contributed by atoms with Crippen molar-refractivity contribution in [3.05, 3.63) is 41.7 Å². The van der Waals surface area contributed by atoms with Crippen molar-refractivity contribution in [2.45, 2.75) is 26.7 Å². The van der Waals surface area contributed by atoms with Gasteiger partial charge in [0.2, 0.25) is 0 Å². The molecule has 1 saturated heterocycles. The number of urea groups is 1. The number of aromatic nitrogens is 2. The van der Waals surface area contributed by atoms with E-state index in [1.54, 1.807) is 6.33 Å². The lowest BCUT2D eigenvalue weighted by Gasteiger charge is -2.16. The van der Waals surface area contributed by atoms with Crippen LogP contribution in [-0.2, 0) is 0 Å². The predicted octanol–water partition coefficient (Wildman–Crippen LogP) is 2.93. The minimum atomic E-state index is -0.213. The van der Waals surface area contributed by atoms with Crippen LogP contribution in [0.5, 0.6) is 0 Å². The Balaban J connectivity index is 1.41. The minimum absolute atomic E-state index is 0.213. The average molecular weight is 354 g/mol. The molecule has 0 bridgehead atoms. The van der Waals surface area contributed by atoms with E-state index >= 15 is 0 Å². The summed E-state index contributed by atoms with van der Waals surface area (Å²) in [6.07, 6.45) is 4.01. The fourth-order valence-electron chi connectivity index (χ4n) is 2.92. The smallest absolute Gasteiger partial charge is 0.319 e. The summed E-state index contributed by atoms with van der Waals surface area (Å²) >= 11 is 0. The van der Waals surface area contributed by atoms with Gasteiger partial charge in [0.15, 0.2) is 0 Å². The number of benzene rings is 1. The van der Waals surface area contributed by atoms with Gasteiger partial charge in [0.05, 0.1) is 0 Å². The Hall–Kier alpha value is -2.83. The zero-order chi connectivity index (χ0) is 18.4. The summed E-state index contributed by atoms with van der Waals surface area (Å²) in [5.74, 6) is 1.73. The Morgan fingerprint density at radius 1 is 1.08 bits per heavy atom. The number of nitrogens with one attached hydrogen (secondary N) is 3. The second-order valence-corrected chi connectivity index (χ2v) is 6.56. The maximum atomic E-state index is 12.0. The summed E-state index contributed by atoms with van der Waals surface area (Å²) in [6.45, 7) is 7.28. The van der Waals surface area contributed by atoms with Crippen LogP contribution in [0.4, 0.5) is 22.1 Å². The van der Waals surface area contributed by atoms with Crippen molar-refractivity contribution < 1.29 is 4.79 Å². The molecule has 2 heterocycles. The third-order valence-corrected chi connectivity index (χ3v) is 4.56. The van der Waals surface area contributed by atoms with Gasteiger partial charge in [-0.05, 0) is 49.9 Å². The number of hydrogen-bond donors (Lipinski definition) is 3. The molecule has 1 aromatic carbocycles. The quantitative estimate of drug-likeness (QED) is 0.695. The Labute approximate surface area is 154 Å². The van der Waals surface area contributed by atoms with Crippen LogP contribution in [0, 0.1) is 13.8 Å². The maximum absolute atomic E-state index is 12.0. The van der Waals surface area contributed by atoms with E-state index in [0.29, 0.717) is 13.1 Å². The minimum Gasteiger partial charge on any atom is -0.368 e. The first-order valence-electron chi connectivity index (χ1n) is 9.05. The lowest BCUT2D eigenvalue weighted by Crippen LogP contribution is -2.32. The van der Waals surface area contributed by atoms with Crippen LogP contribution in [0.1, 0.15) is 24.0 Å². The second kappa shape index (κ2) is 8.51. The Morgan fingerprint density at radius 3 is 2.65 bits per heavy atom. The molecule has 138 valence electrons. The second-order valence-electron chi connectivity index (χ2n) is 6.56. The number of hydrogen-bond acceptors (Lipinski definition) is 5. The van der Waals surface area contributed by atoms with Gasteiger partial charge in [0.1, 0.15) is 18.0 Å². The number of carbonyl (C=O) groups excluding carboxylic acids is 1. The number of anilines is 3. The molecule has 26 heavy (non-hydrogen) atoms. The molecule has 0 saturated carbocycles. The third-order valence-electron chi connectivity index (χ3n) is 4.56. The molecule has 1 aliphatic rings. The molecule has 3 rings (SSSR count). The van der Waals surface area contributed by atoms with Gasteiger partial charge in [0, 0.05) is 37.9 Å². The molecule has 0 unspecified atom stereocenters. The fraction of sp³-hybridized carbons (Fsp3) is 0.421. The highest BCUT2D eigenvalue weighted by Gasteiger charge is 2.13. The first-order valence-corrected chi connectivity index (χ1v) is 9.05. The van der Waals surface area contributed by atoms with Crippen molar-refractivity contribution in [1.29, 1.82) is 0 Å². The van der Waals surface area contributed by atoms with Crippen LogP contribution in [0.3, 0.4) is 0 Å². The van der Waals surface area contributed by atoms with Crippen LogP contribution in [0.25, 0.3) is 0 Å². The largest absolute Gasteiger partial charge is 0.368 e. The first kappa shape index (κ1) is 18.0. The van der Waals surface area contributed by atoms with Crippen molar-refractivity contribution in [1.82, 2.24) is 15.3 Å². The number of nitrogens with zero attached hydrogens (tertiary/aromatic N) is 3. The molecule has 1 aliphatic heterocycles. The molecule has 0 atom stereocenters. The summed E-state index contributed by atoms with van der Waals surface area (Å²) in [5.41, 5.74) is 3.16. The highest BCUT2D eigenvalue weighted by atomic mass is 16.2. The van der Waals surface area contributed by atoms with E-state index in [2.05, 4.69) is 30.8 Å². The zero-order valence-electron chi connectivity index (χ0n) is 15.4. The lowest BCUT2D eigenvalue weighted by molar-refractivity contribution is 0.252. The molecule has 1 fully saturated rings. The number of aryl methyl sites for hydroxylation is 2. The van der Waals surface area contributed by atoms with Crippen molar-refractivity contribution in [3.8, 4) is 0 Å². The predicted molar refractivity (Wildman–Crippen MR) is 105 cm³/mol. The van der Waals surface area contributed by atoms with Crippen LogP contribution >= 0.6 is 0 Å². The van der Waals surface area contributed by atoms with Gasteiger partial charge in [-0.15, -0.1) is 0 Å². The molecular weight excluding hydrogens is 328 g/mol. The fourth-order valence-corrected chi connectivity index (χ4v) is 2.92. The summed E-state index contributed by atoms with van der Waals surface area (Å²) in [7, 11) is 0. The number of amides is 2. The van der Waals surface area contributed by atoms with Crippen LogP contribution in [-0.4, -0.2) is 42.2 Å².